The molecule has 3 N–H and O–H groups in total. The molecule has 8 heteroatoms. The molecule has 26 heavy (non-hydrogen) atoms. The maximum atomic E-state index is 8.85. The van der Waals surface area contributed by atoms with Gasteiger partial charge in [0, 0.05) is 24.2 Å². The largest absolute Gasteiger partial charge is 0.351 e. The summed E-state index contributed by atoms with van der Waals surface area (Å²) >= 11 is 1.61. The molecule has 7 nitrogen and oxygen atoms in total. The molecule has 0 aromatic carbocycles. The highest BCUT2D eigenvalue weighted by Gasteiger charge is 2.22. The van der Waals surface area contributed by atoms with E-state index in [9.17, 15) is 0 Å². The van der Waals surface area contributed by atoms with Gasteiger partial charge < -0.3 is 10.6 Å². The molecule has 3 heterocycles. The predicted molar refractivity (Wildman–Crippen MR) is 104 cm³/mol. The summed E-state index contributed by atoms with van der Waals surface area (Å²) < 4.78 is 0. The van der Waals surface area contributed by atoms with E-state index in [1.54, 1.807) is 11.3 Å². The molecule has 1 aliphatic carbocycles. The molecule has 0 unspecified atom stereocenters. The van der Waals surface area contributed by atoms with Gasteiger partial charge in [-0.15, -0.1) is 11.3 Å². The Labute approximate surface area is 155 Å². The van der Waals surface area contributed by atoms with Gasteiger partial charge >= 0.3 is 0 Å². The van der Waals surface area contributed by atoms with Crippen LogP contribution in [0.1, 0.15) is 37.8 Å². The van der Waals surface area contributed by atoms with Gasteiger partial charge in [-0.2, -0.15) is 15.3 Å². The molecular formula is C18H21N7S. The van der Waals surface area contributed by atoms with Gasteiger partial charge in [0.1, 0.15) is 10.6 Å². The molecule has 3 aromatic rings. The van der Waals surface area contributed by atoms with Crippen LogP contribution in [0.3, 0.4) is 0 Å². The fourth-order valence-electron chi connectivity index (χ4n) is 3.44. The van der Waals surface area contributed by atoms with Gasteiger partial charge in [-0.3, -0.25) is 5.10 Å². The normalized spacial score (nSPS) is 20.0. The van der Waals surface area contributed by atoms with E-state index in [0.29, 0.717) is 24.3 Å². The van der Waals surface area contributed by atoms with E-state index < -0.39 is 0 Å². The van der Waals surface area contributed by atoms with Crippen molar-refractivity contribution in [3.05, 3.63) is 23.2 Å². The summed E-state index contributed by atoms with van der Waals surface area (Å²) in [5.41, 5.74) is 0.996. The Kier molecular flexibility index (Phi) is 4.71. The van der Waals surface area contributed by atoms with Gasteiger partial charge in [0.15, 0.2) is 5.82 Å². The summed E-state index contributed by atoms with van der Waals surface area (Å²) in [7, 11) is 0. The zero-order chi connectivity index (χ0) is 17.9. The Hall–Kier alpha value is -2.66. The third-order valence-corrected chi connectivity index (χ3v) is 5.64. The van der Waals surface area contributed by atoms with Crippen LogP contribution in [0.15, 0.2) is 17.5 Å². The van der Waals surface area contributed by atoms with E-state index in [0.717, 1.165) is 53.2 Å². The smallest absolute Gasteiger partial charge is 0.226 e. The van der Waals surface area contributed by atoms with Crippen LogP contribution in [0.2, 0.25) is 0 Å². The predicted octanol–water partition coefficient (Wildman–Crippen LogP) is 4.35. The van der Waals surface area contributed by atoms with Crippen LogP contribution in [-0.2, 0) is 0 Å². The van der Waals surface area contributed by atoms with Crippen LogP contribution < -0.4 is 10.6 Å². The van der Waals surface area contributed by atoms with Crippen molar-refractivity contribution in [1.82, 2.24) is 20.2 Å². The molecular weight excluding hydrogens is 346 g/mol. The third-order valence-electron chi connectivity index (χ3n) is 4.84. The lowest BCUT2D eigenvalue weighted by molar-refractivity contribution is 0.342. The molecule has 0 bridgehead atoms. The number of aromatic amines is 1. The lowest BCUT2D eigenvalue weighted by Gasteiger charge is -2.27. The van der Waals surface area contributed by atoms with E-state index in [2.05, 4.69) is 31.9 Å². The second-order valence-electron chi connectivity index (χ2n) is 6.82. The Balaban J connectivity index is 1.52. The van der Waals surface area contributed by atoms with E-state index in [1.807, 2.05) is 24.4 Å². The summed E-state index contributed by atoms with van der Waals surface area (Å²) in [6.07, 6.45) is 4.95. The molecule has 0 amide bonds. The van der Waals surface area contributed by atoms with Gasteiger partial charge in [0.05, 0.1) is 11.5 Å². The van der Waals surface area contributed by atoms with Crippen molar-refractivity contribution in [2.24, 2.45) is 5.92 Å². The molecule has 4 rings (SSSR count). The highest BCUT2D eigenvalue weighted by atomic mass is 32.1. The number of hydrogen-bond acceptors (Lipinski definition) is 7. The Morgan fingerprint density at radius 3 is 2.88 bits per heavy atom. The van der Waals surface area contributed by atoms with E-state index in [1.165, 1.54) is 0 Å². The first kappa shape index (κ1) is 16.8. The summed E-state index contributed by atoms with van der Waals surface area (Å²) in [5.74, 6) is 2.71. The number of rotatable bonds is 5. The van der Waals surface area contributed by atoms with Crippen molar-refractivity contribution >= 4 is 39.1 Å². The van der Waals surface area contributed by atoms with Crippen LogP contribution in [0.4, 0.5) is 17.6 Å². The topological polar surface area (TPSA) is 102 Å². The molecule has 3 aromatic heterocycles. The maximum Gasteiger partial charge on any atom is 0.226 e. The zero-order valence-electron chi connectivity index (χ0n) is 14.6. The lowest BCUT2D eigenvalue weighted by Crippen LogP contribution is -2.27. The summed E-state index contributed by atoms with van der Waals surface area (Å²) in [5, 5.41) is 25.8. The van der Waals surface area contributed by atoms with Crippen LogP contribution in [0.25, 0.3) is 10.2 Å². The molecule has 134 valence electrons. The number of anilines is 3. The second kappa shape index (κ2) is 7.30. The number of aryl methyl sites for hydroxylation is 1. The molecule has 0 saturated heterocycles. The number of fused-ring (bicyclic) bond motifs is 1. The number of aromatic nitrogens is 4. The number of nitriles is 1. The van der Waals surface area contributed by atoms with Gasteiger partial charge in [0.25, 0.3) is 0 Å². The molecule has 1 saturated carbocycles. The number of H-pyrrole nitrogens is 1. The summed E-state index contributed by atoms with van der Waals surface area (Å²) in [6, 6.07) is 6.63. The van der Waals surface area contributed by atoms with Crippen LogP contribution in [0.5, 0.6) is 0 Å². The van der Waals surface area contributed by atoms with Crippen molar-refractivity contribution in [3.63, 3.8) is 0 Å². The summed E-state index contributed by atoms with van der Waals surface area (Å²) in [4.78, 5) is 10.3. The Morgan fingerprint density at radius 2 is 2.15 bits per heavy atom. The Bertz CT molecular complexity index is 931. The van der Waals surface area contributed by atoms with Crippen molar-refractivity contribution < 1.29 is 0 Å². The molecule has 0 radical (unpaired) electrons. The van der Waals surface area contributed by atoms with E-state index in [4.69, 9.17) is 10.2 Å². The zero-order valence-corrected chi connectivity index (χ0v) is 15.4. The lowest BCUT2D eigenvalue weighted by atomic mass is 9.84. The second-order valence-corrected chi connectivity index (χ2v) is 7.72. The molecule has 0 aliphatic heterocycles. The first-order valence-corrected chi connectivity index (χ1v) is 9.77. The van der Waals surface area contributed by atoms with Crippen LogP contribution >= 0.6 is 11.3 Å². The van der Waals surface area contributed by atoms with Crippen LogP contribution in [0, 0.1) is 24.2 Å². The number of nitrogens with zero attached hydrogens (tertiary/aromatic N) is 4. The fraction of sp³-hybridized carbons (Fsp3) is 0.444. The van der Waals surface area contributed by atoms with E-state index >= 15 is 0 Å². The highest BCUT2D eigenvalue weighted by Crippen LogP contribution is 2.31. The van der Waals surface area contributed by atoms with Crippen molar-refractivity contribution in [1.29, 1.82) is 5.26 Å². The first-order chi connectivity index (χ1) is 12.7. The standard InChI is InChI=1S/C18H21N7S/c1-11-10-15(25-24-11)21-16-14-7-9-26-17(14)23-18(22-16)20-13-4-2-12(3-5-13)6-8-19/h7,9-10,12-13H,2-6H2,1H3,(H3,20,21,22,23,24,25). The maximum absolute atomic E-state index is 8.85. The third kappa shape index (κ3) is 3.63. The van der Waals surface area contributed by atoms with Crippen molar-refractivity contribution in [2.45, 2.75) is 45.1 Å². The molecule has 0 spiro atoms. The SMILES string of the molecule is Cc1cc(Nc2nc(NC3CCC(CC#N)CC3)nc3sccc23)n[nH]1. The van der Waals surface area contributed by atoms with Crippen LogP contribution in [-0.4, -0.2) is 26.2 Å². The molecule has 1 fully saturated rings. The number of thiophene rings is 1. The first-order valence-electron chi connectivity index (χ1n) is 8.89. The fourth-order valence-corrected chi connectivity index (χ4v) is 4.21. The number of hydrogen-bond donors (Lipinski definition) is 3. The van der Waals surface area contributed by atoms with E-state index in [-0.39, 0.29) is 0 Å². The minimum Gasteiger partial charge on any atom is -0.351 e. The minimum absolute atomic E-state index is 0.364. The van der Waals surface area contributed by atoms with Gasteiger partial charge in [-0.1, -0.05) is 0 Å². The summed E-state index contributed by atoms with van der Waals surface area (Å²) in [6.45, 7) is 1.97. The minimum atomic E-state index is 0.364. The van der Waals surface area contributed by atoms with Gasteiger partial charge in [-0.25, -0.2) is 4.98 Å². The van der Waals surface area contributed by atoms with Crippen molar-refractivity contribution in [2.75, 3.05) is 10.6 Å². The average Bonchev–Trinajstić information content (AvgIpc) is 3.26. The highest BCUT2D eigenvalue weighted by molar-refractivity contribution is 7.16. The Morgan fingerprint density at radius 1 is 1.31 bits per heavy atom. The molecule has 0 atom stereocenters. The quantitative estimate of drug-likeness (QED) is 0.619. The number of nitrogens with one attached hydrogen (secondary N) is 3. The van der Waals surface area contributed by atoms with Crippen molar-refractivity contribution in [3.8, 4) is 6.07 Å². The monoisotopic (exact) mass is 367 g/mol. The average molecular weight is 367 g/mol. The van der Waals surface area contributed by atoms with Gasteiger partial charge in [0.2, 0.25) is 5.95 Å². The van der Waals surface area contributed by atoms with Gasteiger partial charge in [-0.05, 0) is 50.0 Å². The molecule has 1 aliphatic rings.